The largest absolute Gasteiger partial charge is 0.337 e. The number of amides is 1. The smallest absolute Gasteiger partial charge is 0.257 e. The van der Waals surface area contributed by atoms with Crippen LogP contribution in [0, 0.1) is 0 Å². The second-order valence-electron chi connectivity index (χ2n) is 5.76. The van der Waals surface area contributed by atoms with E-state index in [1.807, 2.05) is 4.90 Å². The van der Waals surface area contributed by atoms with Crippen molar-refractivity contribution in [2.45, 2.75) is 31.7 Å². The standard InChI is InChI=1S/C15H19Cl2N3O/c16-13-6-5-12(14(17)18-13)15(21)20-9-3-4-11(10-20)19-7-1-2-8-19/h5-6,11H,1-4,7-10H2. The van der Waals surface area contributed by atoms with E-state index >= 15 is 0 Å². The van der Waals surface area contributed by atoms with E-state index in [1.165, 1.54) is 19.3 Å². The molecule has 0 radical (unpaired) electrons. The highest BCUT2D eigenvalue weighted by Crippen LogP contribution is 2.24. The Morgan fingerprint density at radius 2 is 1.90 bits per heavy atom. The van der Waals surface area contributed by atoms with Gasteiger partial charge in [-0.15, -0.1) is 0 Å². The van der Waals surface area contributed by atoms with Crippen molar-refractivity contribution in [1.29, 1.82) is 0 Å². The van der Waals surface area contributed by atoms with Gasteiger partial charge in [0.15, 0.2) is 0 Å². The predicted molar refractivity (Wildman–Crippen MR) is 84.0 cm³/mol. The lowest BCUT2D eigenvalue weighted by atomic mass is 10.0. The first-order valence-corrected chi connectivity index (χ1v) is 8.26. The lowest BCUT2D eigenvalue weighted by molar-refractivity contribution is 0.0607. The molecule has 6 heteroatoms. The number of rotatable bonds is 2. The van der Waals surface area contributed by atoms with E-state index in [0.29, 0.717) is 16.8 Å². The Morgan fingerprint density at radius 1 is 1.14 bits per heavy atom. The molecule has 0 saturated carbocycles. The number of halogens is 2. The zero-order valence-electron chi connectivity index (χ0n) is 11.9. The summed E-state index contributed by atoms with van der Waals surface area (Å²) in [6.07, 6.45) is 4.77. The van der Waals surface area contributed by atoms with Gasteiger partial charge >= 0.3 is 0 Å². The average Bonchev–Trinajstić information content (AvgIpc) is 3.01. The first-order chi connectivity index (χ1) is 10.1. The van der Waals surface area contributed by atoms with Gasteiger partial charge in [-0.2, -0.15) is 0 Å². The average molecular weight is 328 g/mol. The maximum atomic E-state index is 12.6. The number of carbonyl (C=O) groups is 1. The Bertz CT molecular complexity index is 532. The molecule has 1 aromatic heterocycles. The summed E-state index contributed by atoms with van der Waals surface area (Å²) in [6.45, 7) is 3.91. The van der Waals surface area contributed by atoms with E-state index in [1.54, 1.807) is 12.1 Å². The number of hydrogen-bond acceptors (Lipinski definition) is 3. The van der Waals surface area contributed by atoms with Crippen LogP contribution in [0.25, 0.3) is 0 Å². The molecule has 1 aromatic rings. The number of pyridine rings is 1. The Balaban J connectivity index is 1.71. The highest BCUT2D eigenvalue weighted by Gasteiger charge is 2.30. The SMILES string of the molecule is O=C(c1ccc(Cl)nc1Cl)N1CCCC(N2CCCC2)C1. The third kappa shape index (κ3) is 3.33. The Morgan fingerprint density at radius 3 is 2.62 bits per heavy atom. The molecule has 114 valence electrons. The number of aromatic nitrogens is 1. The number of carbonyl (C=O) groups excluding carboxylic acids is 1. The highest BCUT2D eigenvalue weighted by atomic mass is 35.5. The molecule has 1 amide bonds. The Hall–Kier alpha value is -0.840. The number of likely N-dealkylation sites (tertiary alicyclic amines) is 2. The third-order valence-electron chi connectivity index (χ3n) is 4.39. The van der Waals surface area contributed by atoms with Crippen LogP contribution in [0.1, 0.15) is 36.0 Å². The van der Waals surface area contributed by atoms with Crippen molar-refractivity contribution in [3.05, 3.63) is 28.0 Å². The molecule has 0 N–H and O–H groups in total. The molecule has 21 heavy (non-hydrogen) atoms. The molecule has 2 saturated heterocycles. The van der Waals surface area contributed by atoms with Crippen molar-refractivity contribution in [2.75, 3.05) is 26.2 Å². The number of hydrogen-bond donors (Lipinski definition) is 0. The van der Waals surface area contributed by atoms with Crippen LogP contribution in [0.2, 0.25) is 10.3 Å². The summed E-state index contributed by atoms with van der Waals surface area (Å²) >= 11 is 11.8. The fourth-order valence-corrected chi connectivity index (χ4v) is 3.71. The molecule has 2 aliphatic rings. The van der Waals surface area contributed by atoms with Gasteiger partial charge in [0.05, 0.1) is 5.56 Å². The van der Waals surface area contributed by atoms with Gasteiger partial charge in [-0.1, -0.05) is 23.2 Å². The van der Waals surface area contributed by atoms with Crippen molar-refractivity contribution in [3.63, 3.8) is 0 Å². The lowest BCUT2D eigenvalue weighted by Crippen LogP contribution is -2.49. The van der Waals surface area contributed by atoms with E-state index in [9.17, 15) is 4.79 Å². The van der Waals surface area contributed by atoms with Crippen LogP contribution < -0.4 is 0 Å². The molecule has 0 aromatic carbocycles. The van der Waals surface area contributed by atoms with E-state index in [4.69, 9.17) is 23.2 Å². The van der Waals surface area contributed by atoms with Crippen molar-refractivity contribution >= 4 is 29.1 Å². The molecule has 1 unspecified atom stereocenters. The second kappa shape index (κ2) is 6.51. The summed E-state index contributed by atoms with van der Waals surface area (Å²) in [4.78, 5) is 21.0. The quantitative estimate of drug-likeness (QED) is 0.783. The van der Waals surface area contributed by atoms with E-state index in [0.717, 1.165) is 32.6 Å². The lowest BCUT2D eigenvalue weighted by Gasteiger charge is -2.37. The Kier molecular flexibility index (Phi) is 4.67. The molecule has 3 rings (SSSR count). The van der Waals surface area contributed by atoms with Gasteiger partial charge in [-0.25, -0.2) is 4.98 Å². The normalized spacial score (nSPS) is 23.5. The molecule has 3 heterocycles. The molecule has 0 spiro atoms. The van der Waals surface area contributed by atoms with Gasteiger partial charge in [0, 0.05) is 19.1 Å². The minimum Gasteiger partial charge on any atom is -0.337 e. The number of nitrogens with zero attached hydrogens (tertiary/aromatic N) is 3. The van der Waals surface area contributed by atoms with Crippen LogP contribution in [0.15, 0.2) is 12.1 Å². The van der Waals surface area contributed by atoms with Crippen molar-refractivity contribution in [2.24, 2.45) is 0 Å². The molecule has 1 atom stereocenters. The number of piperidine rings is 1. The van der Waals surface area contributed by atoms with E-state index < -0.39 is 0 Å². The summed E-state index contributed by atoms with van der Waals surface area (Å²) in [5.41, 5.74) is 0.447. The fraction of sp³-hybridized carbons (Fsp3) is 0.600. The third-order valence-corrected chi connectivity index (χ3v) is 4.88. The van der Waals surface area contributed by atoms with Crippen molar-refractivity contribution in [1.82, 2.24) is 14.8 Å². The van der Waals surface area contributed by atoms with Gasteiger partial charge in [-0.3, -0.25) is 9.69 Å². The van der Waals surface area contributed by atoms with Gasteiger partial charge in [0.2, 0.25) is 0 Å². The van der Waals surface area contributed by atoms with Crippen molar-refractivity contribution < 1.29 is 4.79 Å². The molecular weight excluding hydrogens is 309 g/mol. The maximum Gasteiger partial charge on any atom is 0.257 e. The van der Waals surface area contributed by atoms with Crippen LogP contribution in [-0.2, 0) is 0 Å². The Labute approximate surface area is 135 Å². The zero-order chi connectivity index (χ0) is 14.8. The molecule has 2 aliphatic heterocycles. The van der Waals surface area contributed by atoms with Crippen LogP contribution in [-0.4, -0.2) is 52.9 Å². The van der Waals surface area contributed by atoms with Crippen LogP contribution in [0.4, 0.5) is 0 Å². The molecular formula is C15H19Cl2N3O. The molecule has 0 bridgehead atoms. The van der Waals surface area contributed by atoms with Crippen LogP contribution in [0.3, 0.4) is 0 Å². The molecule has 0 aliphatic carbocycles. The summed E-state index contributed by atoms with van der Waals surface area (Å²) in [5.74, 6) is -0.0342. The summed E-state index contributed by atoms with van der Waals surface area (Å²) in [5, 5.41) is 0.501. The fourth-order valence-electron chi connectivity index (χ4n) is 3.29. The van der Waals surface area contributed by atoms with Gasteiger partial charge < -0.3 is 4.90 Å². The molecule has 2 fully saturated rings. The van der Waals surface area contributed by atoms with E-state index in [2.05, 4.69) is 9.88 Å². The monoisotopic (exact) mass is 327 g/mol. The van der Waals surface area contributed by atoms with Gasteiger partial charge in [0.25, 0.3) is 5.91 Å². The molecule has 4 nitrogen and oxygen atoms in total. The first kappa shape index (κ1) is 15.1. The topological polar surface area (TPSA) is 36.4 Å². The van der Waals surface area contributed by atoms with Crippen molar-refractivity contribution in [3.8, 4) is 0 Å². The van der Waals surface area contributed by atoms with Crippen LogP contribution in [0.5, 0.6) is 0 Å². The maximum absolute atomic E-state index is 12.6. The summed E-state index contributed by atoms with van der Waals surface area (Å²) in [7, 11) is 0. The zero-order valence-corrected chi connectivity index (χ0v) is 13.4. The minimum absolute atomic E-state index is 0.0342. The van der Waals surface area contributed by atoms with Gasteiger partial charge in [-0.05, 0) is 50.9 Å². The van der Waals surface area contributed by atoms with E-state index in [-0.39, 0.29) is 11.1 Å². The minimum atomic E-state index is -0.0342. The highest BCUT2D eigenvalue weighted by molar-refractivity contribution is 6.34. The second-order valence-corrected chi connectivity index (χ2v) is 6.51. The first-order valence-electron chi connectivity index (χ1n) is 7.50. The van der Waals surface area contributed by atoms with Crippen LogP contribution >= 0.6 is 23.2 Å². The van der Waals surface area contributed by atoms with Gasteiger partial charge in [0.1, 0.15) is 10.3 Å². The summed E-state index contributed by atoms with van der Waals surface area (Å²) in [6, 6.07) is 3.77. The predicted octanol–water partition coefficient (Wildman–Crippen LogP) is 3.09. The summed E-state index contributed by atoms with van der Waals surface area (Å²) < 4.78 is 0.